The lowest BCUT2D eigenvalue weighted by Crippen LogP contribution is -2.48. The van der Waals surface area contributed by atoms with Gasteiger partial charge in [0.1, 0.15) is 17.6 Å². The lowest BCUT2D eigenvalue weighted by molar-refractivity contribution is -0.197. The van der Waals surface area contributed by atoms with Crippen LogP contribution in [0, 0.1) is 29.1 Å². The van der Waals surface area contributed by atoms with E-state index in [4.69, 9.17) is 23.9 Å². The average Bonchev–Trinajstić information content (AvgIpc) is 4.17. The number of hydrogen-bond donors (Lipinski definition) is 1. The molecular formula is C49H62F2N4O10S. The van der Waals surface area contributed by atoms with Crippen molar-refractivity contribution in [2.45, 2.75) is 141 Å². The molecule has 1 saturated heterocycles. The molecule has 0 unspecified atom stereocenters. The van der Waals surface area contributed by atoms with Gasteiger partial charge < -0.3 is 23.8 Å². The van der Waals surface area contributed by atoms with Crippen molar-refractivity contribution < 1.29 is 55.3 Å². The largest absolute Gasteiger partial charge is 0.497 e. The SMILES string of the molecule is COc1ccc2c(O[C@@H]3C[C@H]4C(=O)C[C@]5(C(=O)NS(=O)(=O)C6CC6)C[C@H]5/C=C\CC[C@@H](C)C[C@@H](C)[C@H](CC(=O)OC(C)(C)C(C)(F)F)C(=O)N4C3)nc(-c3ccc(OC(C)C)cn3)cc2c1. The first-order valence-corrected chi connectivity index (χ1v) is 24.5. The summed E-state index contributed by atoms with van der Waals surface area (Å²) in [4.78, 5) is 68.6. The normalized spacial score (nSPS) is 27.0. The van der Waals surface area contributed by atoms with Crippen LogP contribution in [0.15, 0.2) is 54.7 Å². The molecule has 7 rings (SSSR count). The van der Waals surface area contributed by atoms with Crippen molar-refractivity contribution in [2.24, 2.45) is 29.1 Å². The number of aromatic nitrogens is 2. The maximum Gasteiger partial charge on any atom is 0.307 e. The molecule has 358 valence electrons. The van der Waals surface area contributed by atoms with Crippen molar-refractivity contribution in [1.82, 2.24) is 19.6 Å². The van der Waals surface area contributed by atoms with E-state index in [0.717, 1.165) is 13.8 Å². The number of Topliss-reactive ketones (excluding diaryl/α,β-unsaturated/α-hetero) is 1. The number of pyridine rings is 2. The number of carbonyl (C=O) groups is 4. The summed E-state index contributed by atoms with van der Waals surface area (Å²) in [5, 5.41) is 0.659. The lowest BCUT2D eigenvalue weighted by atomic mass is 9.82. The van der Waals surface area contributed by atoms with Crippen LogP contribution < -0.4 is 18.9 Å². The fourth-order valence-electron chi connectivity index (χ4n) is 9.17. The smallest absolute Gasteiger partial charge is 0.307 e. The molecule has 2 aromatic heterocycles. The highest BCUT2D eigenvalue weighted by Gasteiger charge is 2.62. The van der Waals surface area contributed by atoms with Crippen LogP contribution in [0.4, 0.5) is 8.78 Å². The fraction of sp³-hybridized carbons (Fsp3) is 0.592. The number of fused-ring (bicyclic) bond motifs is 3. The van der Waals surface area contributed by atoms with Gasteiger partial charge in [0.05, 0.1) is 66.4 Å². The molecule has 2 saturated carbocycles. The van der Waals surface area contributed by atoms with E-state index in [9.17, 15) is 31.6 Å². The van der Waals surface area contributed by atoms with Crippen LogP contribution in [0.5, 0.6) is 17.4 Å². The Labute approximate surface area is 385 Å². The number of rotatable bonds is 13. The summed E-state index contributed by atoms with van der Waals surface area (Å²) in [5.41, 5.74) is -2.55. The third-order valence-corrected chi connectivity index (χ3v) is 15.4. The quantitative estimate of drug-likeness (QED) is 0.129. The number of esters is 1. The number of alkyl halides is 2. The molecule has 2 aliphatic heterocycles. The van der Waals surface area contributed by atoms with Crippen LogP contribution in [0.1, 0.15) is 106 Å². The second kappa shape index (κ2) is 18.8. The summed E-state index contributed by atoms with van der Waals surface area (Å²) in [7, 11) is -2.39. The molecule has 1 N–H and O–H groups in total. The number of hydrogen-bond acceptors (Lipinski definition) is 12. The predicted octanol–water partition coefficient (Wildman–Crippen LogP) is 8.01. The Kier molecular flexibility index (Phi) is 13.9. The van der Waals surface area contributed by atoms with Crippen LogP contribution in [0.2, 0.25) is 0 Å². The molecule has 0 spiro atoms. The van der Waals surface area contributed by atoms with Crippen molar-refractivity contribution in [3.05, 3.63) is 54.7 Å². The van der Waals surface area contributed by atoms with Crippen molar-refractivity contribution in [3.8, 4) is 28.8 Å². The van der Waals surface area contributed by atoms with Crippen LogP contribution >= 0.6 is 0 Å². The summed E-state index contributed by atoms with van der Waals surface area (Å²) < 4.78 is 80.9. The molecule has 3 fully saturated rings. The maximum absolute atomic E-state index is 15.2. The van der Waals surface area contributed by atoms with E-state index in [1.165, 1.54) is 4.90 Å². The summed E-state index contributed by atoms with van der Waals surface area (Å²) in [5.74, 6) is -6.67. The van der Waals surface area contributed by atoms with E-state index < -0.39 is 92.1 Å². The molecule has 14 nitrogen and oxygen atoms in total. The van der Waals surface area contributed by atoms with Crippen LogP contribution in [0.25, 0.3) is 22.2 Å². The highest BCUT2D eigenvalue weighted by Crippen LogP contribution is 2.57. The number of ketones is 1. The van der Waals surface area contributed by atoms with Crippen LogP contribution in [-0.4, -0.2) is 95.5 Å². The zero-order chi connectivity index (χ0) is 47.9. The van der Waals surface area contributed by atoms with Gasteiger partial charge in [-0.15, -0.1) is 0 Å². The minimum Gasteiger partial charge on any atom is -0.497 e. The molecule has 0 radical (unpaired) electrons. The van der Waals surface area contributed by atoms with E-state index >= 15 is 4.79 Å². The minimum absolute atomic E-state index is 0.0246. The summed E-state index contributed by atoms with van der Waals surface area (Å²) in [6.45, 7) is 10.4. The van der Waals surface area contributed by atoms with E-state index in [0.29, 0.717) is 72.7 Å². The van der Waals surface area contributed by atoms with Crippen LogP contribution in [0.3, 0.4) is 0 Å². The molecule has 4 aliphatic rings. The summed E-state index contributed by atoms with van der Waals surface area (Å²) in [6.07, 6.45) is 6.58. The molecule has 0 bridgehead atoms. The number of carbonyl (C=O) groups excluding carboxylic acids is 4. The van der Waals surface area contributed by atoms with E-state index in [1.54, 1.807) is 37.6 Å². The summed E-state index contributed by atoms with van der Waals surface area (Å²) >= 11 is 0. The van der Waals surface area contributed by atoms with Gasteiger partial charge in [-0.05, 0) is 126 Å². The molecule has 2 aliphatic carbocycles. The van der Waals surface area contributed by atoms with Gasteiger partial charge >= 0.3 is 5.97 Å². The number of amides is 2. The van der Waals surface area contributed by atoms with E-state index in [2.05, 4.69) is 9.71 Å². The molecule has 66 heavy (non-hydrogen) atoms. The monoisotopic (exact) mass is 936 g/mol. The number of sulfonamides is 1. The standard InChI is InChI=1S/C49H62F2N4O10S/c1-28(2)63-34-14-18-39(52-26-34)40-21-31-20-33(62-8)13-17-37(31)44(53-40)64-35-22-41-42(56)25-49(46(59)54-66(60,61)36-15-16-36)24-32(49)12-10-9-11-29(3)19-30(4)38(45(58)55(41)27-35)23-43(57)65-47(5,6)48(7,50)51/h10,12-14,17-18,20-21,26,28-30,32,35-36,38,41H,9,11,15-16,19,22-25,27H2,1-8H3,(H,54,59)/b12-10-/t29-,30-,32-,35-,38+,41+,49-/m1/s1. The van der Waals surface area contributed by atoms with Crippen molar-refractivity contribution in [3.63, 3.8) is 0 Å². The van der Waals surface area contributed by atoms with E-state index in [-0.39, 0.29) is 43.7 Å². The first-order chi connectivity index (χ1) is 31.0. The van der Waals surface area contributed by atoms with Crippen LogP contribution in [-0.2, 0) is 33.9 Å². The highest BCUT2D eigenvalue weighted by atomic mass is 32.2. The third-order valence-electron chi connectivity index (χ3n) is 13.6. The van der Waals surface area contributed by atoms with Gasteiger partial charge in [-0.1, -0.05) is 26.0 Å². The van der Waals surface area contributed by atoms with Gasteiger partial charge in [0.15, 0.2) is 11.4 Å². The highest BCUT2D eigenvalue weighted by molar-refractivity contribution is 7.90. The van der Waals surface area contributed by atoms with Gasteiger partial charge in [0.25, 0.3) is 5.92 Å². The third kappa shape index (κ3) is 10.8. The number of nitrogens with zero attached hydrogens (tertiary/aromatic N) is 3. The van der Waals surface area contributed by atoms with Gasteiger partial charge in [0.2, 0.25) is 27.7 Å². The molecule has 17 heteroatoms. The molecule has 3 aromatic rings. The number of nitrogens with one attached hydrogen (secondary N) is 1. The molecule has 1 aromatic carbocycles. The zero-order valence-corrected chi connectivity index (χ0v) is 39.8. The number of benzene rings is 1. The van der Waals surface area contributed by atoms with E-state index in [1.807, 2.05) is 52.0 Å². The molecule has 7 atom stereocenters. The Hall–Kier alpha value is -5.19. The Bertz CT molecular complexity index is 2470. The minimum atomic E-state index is -3.94. The molecule has 2 amide bonds. The van der Waals surface area contributed by atoms with Gasteiger partial charge in [0, 0.05) is 25.2 Å². The zero-order valence-electron chi connectivity index (χ0n) is 39.0. The number of methoxy groups -OCH3 is 1. The van der Waals surface area contributed by atoms with Crippen molar-refractivity contribution in [1.29, 1.82) is 0 Å². The number of ether oxygens (including phenoxy) is 4. The number of halogens is 2. The van der Waals surface area contributed by atoms with Crippen molar-refractivity contribution >= 4 is 44.4 Å². The Balaban J connectivity index is 1.26. The maximum atomic E-state index is 15.2. The summed E-state index contributed by atoms with van der Waals surface area (Å²) in [6, 6.07) is 9.63. The first-order valence-electron chi connectivity index (χ1n) is 22.9. The predicted molar refractivity (Wildman–Crippen MR) is 242 cm³/mol. The Morgan fingerprint density at radius 1 is 1.00 bits per heavy atom. The lowest BCUT2D eigenvalue weighted by Gasteiger charge is -2.34. The van der Waals surface area contributed by atoms with Gasteiger partial charge in [-0.3, -0.25) is 28.9 Å². The van der Waals surface area contributed by atoms with Gasteiger partial charge in [-0.2, -0.15) is 0 Å². The Morgan fingerprint density at radius 2 is 1.73 bits per heavy atom. The topological polar surface area (TPSA) is 180 Å². The van der Waals surface area contributed by atoms with Gasteiger partial charge in [-0.25, -0.2) is 22.2 Å². The molecule has 4 heterocycles. The second-order valence-electron chi connectivity index (χ2n) is 19.7. The first kappa shape index (κ1) is 48.7. The second-order valence-corrected chi connectivity index (χ2v) is 21.7. The Morgan fingerprint density at radius 3 is 2.38 bits per heavy atom. The average molecular weight is 937 g/mol. The molecular weight excluding hydrogens is 875 g/mol. The number of allylic oxidation sites excluding steroid dienone is 2. The van der Waals surface area contributed by atoms with Crippen molar-refractivity contribution in [2.75, 3.05) is 13.7 Å². The fourth-order valence-corrected chi connectivity index (χ4v) is 10.6.